The van der Waals surface area contributed by atoms with Crippen LogP contribution in [0.15, 0.2) is 79.6 Å². The highest BCUT2D eigenvalue weighted by Gasteiger charge is 2.55. The third-order valence-electron chi connectivity index (χ3n) is 8.66. The van der Waals surface area contributed by atoms with Gasteiger partial charge in [0, 0.05) is 58.6 Å². The molecule has 2 aliphatic heterocycles. The van der Waals surface area contributed by atoms with Gasteiger partial charge in [-0.05, 0) is 55.3 Å². The number of hydrogen-bond donors (Lipinski definition) is 0. The van der Waals surface area contributed by atoms with Gasteiger partial charge in [-0.2, -0.15) is 13.2 Å². The Morgan fingerprint density at radius 1 is 1.02 bits per heavy atom. The first-order valence-electron chi connectivity index (χ1n) is 15.7. The largest absolute Gasteiger partial charge is 0.489 e. The van der Waals surface area contributed by atoms with E-state index < -0.39 is 46.6 Å². The highest BCUT2D eigenvalue weighted by Crippen LogP contribution is 2.40. The van der Waals surface area contributed by atoms with Gasteiger partial charge < -0.3 is 28.9 Å². The molecular weight excluding hydrogens is 632 g/mol. The smallest absolute Gasteiger partial charge is 0.417 e. The molecule has 13 heteroatoms. The minimum atomic E-state index is -4.80. The summed E-state index contributed by atoms with van der Waals surface area (Å²) in [7, 11) is 1.59. The predicted molar refractivity (Wildman–Crippen MR) is 170 cm³/mol. The lowest BCUT2D eigenvalue weighted by atomic mass is 9.80. The molecule has 2 fully saturated rings. The van der Waals surface area contributed by atoms with Crippen LogP contribution >= 0.6 is 0 Å². The van der Waals surface area contributed by atoms with Gasteiger partial charge in [-0.3, -0.25) is 14.6 Å². The van der Waals surface area contributed by atoms with Crippen LogP contribution in [0.25, 0.3) is 0 Å². The Bertz CT molecular complexity index is 1580. The van der Waals surface area contributed by atoms with Crippen LogP contribution in [0.2, 0.25) is 0 Å². The second-order valence-electron chi connectivity index (χ2n) is 11.6. The predicted octanol–water partition coefficient (Wildman–Crippen LogP) is 5.61. The summed E-state index contributed by atoms with van der Waals surface area (Å²) >= 11 is 0. The van der Waals surface area contributed by atoms with E-state index in [1.54, 1.807) is 12.0 Å². The number of alkyl halides is 3. The second kappa shape index (κ2) is 15.1. The molecule has 1 aromatic heterocycles. The number of hydrogen-bond acceptors (Lipinski definition) is 7. The maximum absolute atomic E-state index is 14.8. The standard InChI is InChI=1S/C35H38F4N4O5/c1-3-7-31-34(48-26-12-10-25(36)11-13-26,15-6-17-43(31)32(44)27-24-40-16-14-28(27)35(37,38)39)33(45)42-20-18-41(19-21-42)29-8-4-5-9-30(29)47-23-22-46-2/h3-5,8-14,16,24,31H,1,6-7,15,17-23H2,2H3/t31-,34+/m1/s1. The molecule has 0 spiro atoms. The molecule has 256 valence electrons. The van der Waals surface area contributed by atoms with E-state index in [2.05, 4.69) is 16.5 Å². The molecule has 5 rings (SSSR count). The number of para-hydroxylation sites is 2. The zero-order chi connectivity index (χ0) is 34.3. The average Bonchev–Trinajstić information content (AvgIpc) is 3.09. The molecule has 9 nitrogen and oxygen atoms in total. The van der Waals surface area contributed by atoms with Crippen LogP contribution in [-0.2, 0) is 15.7 Å². The summed E-state index contributed by atoms with van der Waals surface area (Å²) in [5.74, 6) is -0.970. The molecule has 2 aromatic carbocycles. The Kier molecular flexibility index (Phi) is 10.9. The number of likely N-dealkylation sites (tertiary alicyclic amines) is 1. The fourth-order valence-electron chi connectivity index (χ4n) is 6.39. The number of carbonyl (C=O) groups excluding carboxylic acids is 2. The number of benzene rings is 2. The van der Waals surface area contributed by atoms with Crippen LogP contribution in [0.1, 0.15) is 35.2 Å². The van der Waals surface area contributed by atoms with Crippen molar-refractivity contribution >= 4 is 17.5 Å². The first kappa shape index (κ1) is 34.7. The monoisotopic (exact) mass is 670 g/mol. The number of carbonyl (C=O) groups is 2. The number of piperidine rings is 1. The SMILES string of the molecule is C=CC[C@H]1N(C(=O)c2cnccc2C(F)(F)F)CCC[C@@]1(Oc1ccc(F)cc1)C(=O)N1CCN(c2ccccc2OCCOC)CC1. The third kappa shape index (κ3) is 7.40. The number of ether oxygens (including phenoxy) is 3. The minimum absolute atomic E-state index is 0.0481. The molecule has 0 radical (unpaired) electrons. The number of anilines is 1. The van der Waals surface area contributed by atoms with Crippen LogP contribution in [0, 0.1) is 5.82 Å². The Balaban J connectivity index is 1.47. The second-order valence-corrected chi connectivity index (χ2v) is 11.6. The van der Waals surface area contributed by atoms with Gasteiger partial charge in [-0.25, -0.2) is 4.39 Å². The highest BCUT2D eigenvalue weighted by molar-refractivity contribution is 5.97. The normalized spacial score (nSPS) is 19.9. The molecule has 0 unspecified atom stereocenters. The van der Waals surface area contributed by atoms with Crippen LogP contribution in [0.5, 0.6) is 11.5 Å². The highest BCUT2D eigenvalue weighted by atomic mass is 19.4. The van der Waals surface area contributed by atoms with Gasteiger partial charge in [0.05, 0.1) is 29.5 Å². The molecule has 0 saturated carbocycles. The van der Waals surface area contributed by atoms with Gasteiger partial charge in [-0.15, -0.1) is 6.58 Å². The van der Waals surface area contributed by atoms with Crippen molar-refractivity contribution in [3.8, 4) is 11.5 Å². The van der Waals surface area contributed by atoms with Gasteiger partial charge in [0.1, 0.15) is 23.9 Å². The first-order chi connectivity index (χ1) is 23.1. The van der Waals surface area contributed by atoms with Crippen LogP contribution < -0.4 is 14.4 Å². The summed E-state index contributed by atoms with van der Waals surface area (Å²) < 4.78 is 73.3. The van der Waals surface area contributed by atoms with E-state index >= 15 is 0 Å². The van der Waals surface area contributed by atoms with Crippen molar-refractivity contribution in [3.63, 3.8) is 0 Å². The van der Waals surface area contributed by atoms with Crippen molar-refractivity contribution in [1.29, 1.82) is 0 Å². The number of amides is 2. The summed E-state index contributed by atoms with van der Waals surface area (Å²) in [4.78, 5) is 37.5. The van der Waals surface area contributed by atoms with Crippen molar-refractivity contribution in [2.45, 2.75) is 37.1 Å². The lowest BCUT2D eigenvalue weighted by molar-refractivity contribution is -0.159. The molecule has 0 aliphatic carbocycles. The average molecular weight is 671 g/mol. The molecule has 0 bridgehead atoms. The zero-order valence-corrected chi connectivity index (χ0v) is 26.6. The minimum Gasteiger partial charge on any atom is -0.489 e. The van der Waals surface area contributed by atoms with E-state index in [4.69, 9.17) is 14.2 Å². The third-order valence-corrected chi connectivity index (χ3v) is 8.66. The van der Waals surface area contributed by atoms with E-state index in [0.29, 0.717) is 45.1 Å². The van der Waals surface area contributed by atoms with E-state index in [-0.39, 0.29) is 31.6 Å². The summed E-state index contributed by atoms with van der Waals surface area (Å²) in [6.45, 7) is 6.23. The molecule has 48 heavy (non-hydrogen) atoms. The van der Waals surface area contributed by atoms with Crippen LogP contribution in [-0.4, -0.2) is 91.3 Å². The maximum atomic E-state index is 14.8. The van der Waals surface area contributed by atoms with Crippen molar-refractivity contribution < 1.29 is 41.4 Å². The van der Waals surface area contributed by atoms with E-state index in [1.807, 2.05) is 24.3 Å². The number of rotatable bonds is 11. The number of pyridine rings is 1. The Hall–Kier alpha value is -4.65. The summed E-state index contributed by atoms with van der Waals surface area (Å²) in [6.07, 6.45) is -0.939. The number of nitrogens with zero attached hydrogens (tertiary/aromatic N) is 4. The van der Waals surface area contributed by atoms with Gasteiger partial charge in [0.2, 0.25) is 5.60 Å². The molecular formula is C35H38F4N4O5. The zero-order valence-electron chi connectivity index (χ0n) is 26.6. The van der Waals surface area contributed by atoms with Crippen molar-refractivity contribution in [2.75, 3.05) is 57.9 Å². The molecule has 2 aliphatic rings. The summed E-state index contributed by atoms with van der Waals surface area (Å²) in [5, 5.41) is 0. The number of halogens is 4. The van der Waals surface area contributed by atoms with Gasteiger partial charge in [0.15, 0.2) is 0 Å². The molecule has 2 amide bonds. The number of aromatic nitrogens is 1. The van der Waals surface area contributed by atoms with Crippen LogP contribution in [0.3, 0.4) is 0 Å². The van der Waals surface area contributed by atoms with E-state index in [0.717, 1.165) is 24.1 Å². The Morgan fingerprint density at radius 3 is 2.44 bits per heavy atom. The molecule has 3 aromatic rings. The molecule has 0 N–H and O–H groups in total. The molecule has 2 saturated heterocycles. The van der Waals surface area contributed by atoms with Crippen molar-refractivity contribution in [3.05, 3.63) is 96.6 Å². The van der Waals surface area contributed by atoms with Gasteiger partial charge >= 0.3 is 6.18 Å². The van der Waals surface area contributed by atoms with E-state index in [9.17, 15) is 27.2 Å². The van der Waals surface area contributed by atoms with Gasteiger partial charge in [-0.1, -0.05) is 18.2 Å². The number of piperazine rings is 1. The quantitative estimate of drug-likeness (QED) is 0.149. The topological polar surface area (TPSA) is 84.4 Å². The lowest BCUT2D eigenvalue weighted by Gasteiger charge is -2.50. The van der Waals surface area contributed by atoms with Gasteiger partial charge in [0.25, 0.3) is 11.8 Å². The Morgan fingerprint density at radius 2 is 1.75 bits per heavy atom. The fourth-order valence-corrected chi connectivity index (χ4v) is 6.39. The Labute approximate surface area is 276 Å². The fraction of sp³-hybridized carbons (Fsp3) is 0.400. The van der Waals surface area contributed by atoms with Crippen molar-refractivity contribution in [2.24, 2.45) is 0 Å². The number of methoxy groups -OCH3 is 1. The maximum Gasteiger partial charge on any atom is 0.417 e. The summed E-state index contributed by atoms with van der Waals surface area (Å²) in [5.41, 5.74) is -2.58. The van der Waals surface area contributed by atoms with Crippen molar-refractivity contribution in [1.82, 2.24) is 14.8 Å². The first-order valence-corrected chi connectivity index (χ1v) is 15.7. The molecule has 2 atom stereocenters. The summed E-state index contributed by atoms with van der Waals surface area (Å²) in [6, 6.07) is 12.5. The molecule has 3 heterocycles. The van der Waals surface area contributed by atoms with Crippen LogP contribution in [0.4, 0.5) is 23.2 Å². The van der Waals surface area contributed by atoms with E-state index in [1.165, 1.54) is 35.2 Å². The lowest BCUT2D eigenvalue weighted by Crippen LogP contribution is -2.69.